The van der Waals surface area contributed by atoms with Crippen LogP contribution < -0.4 is 0 Å². The number of hydrogen-bond acceptors (Lipinski definition) is 6. The number of aldehydes is 1. The first-order valence-electron chi connectivity index (χ1n) is 9.29. The van der Waals surface area contributed by atoms with Crippen LogP contribution in [0.15, 0.2) is 36.3 Å². The Morgan fingerprint density at radius 3 is 2.86 bits per heavy atom. The molecule has 152 valence electrons. The molecule has 2 aromatic rings. The van der Waals surface area contributed by atoms with Gasteiger partial charge in [0.05, 0.1) is 12.0 Å². The minimum Gasteiger partial charge on any atom is -0.370 e. The first kappa shape index (κ1) is 19.2. The number of carbonyl (C=O) groups is 1. The van der Waals surface area contributed by atoms with Crippen LogP contribution in [-0.2, 0) is 19.0 Å². The number of rotatable bonds is 3. The maximum absolute atomic E-state index is 11.9. The number of nitrogens with zero attached hydrogens (tertiary/aromatic N) is 3. The summed E-state index contributed by atoms with van der Waals surface area (Å²) in [4.78, 5) is 19.2. The van der Waals surface area contributed by atoms with Crippen molar-refractivity contribution in [3.8, 4) is 0 Å². The van der Waals surface area contributed by atoms with Crippen LogP contribution in [0.2, 0.25) is 5.15 Å². The average Bonchev–Trinajstić information content (AvgIpc) is 3.39. The van der Waals surface area contributed by atoms with Crippen molar-refractivity contribution in [3.05, 3.63) is 41.5 Å². The van der Waals surface area contributed by atoms with E-state index in [0.29, 0.717) is 28.4 Å². The van der Waals surface area contributed by atoms with Crippen molar-refractivity contribution in [2.24, 2.45) is 5.41 Å². The van der Waals surface area contributed by atoms with Crippen LogP contribution in [0.1, 0.15) is 13.8 Å². The van der Waals surface area contributed by atoms with Crippen molar-refractivity contribution in [2.75, 3.05) is 13.4 Å². The van der Waals surface area contributed by atoms with Gasteiger partial charge in [0.15, 0.2) is 0 Å². The summed E-state index contributed by atoms with van der Waals surface area (Å²) < 4.78 is 19.4. The summed E-state index contributed by atoms with van der Waals surface area (Å²) in [5, 5.41) is 1.07. The Morgan fingerprint density at radius 1 is 1.24 bits per heavy atom. The molecule has 0 spiro atoms. The number of allylic oxidation sites excluding steroid dienone is 3. The van der Waals surface area contributed by atoms with Crippen LogP contribution in [0.25, 0.3) is 16.7 Å². The number of ether oxygens (including phenoxy) is 3. The molecule has 0 amide bonds. The summed E-state index contributed by atoms with van der Waals surface area (Å²) >= 11 is 13.7. The maximum atomic E-state index is 11.9. The Hall–Kier alpha value is -1.77. The molecule has 0 aromatic carbocycles. The van der Waals surface area contributed by atoms with E-state index in [1.807, 2.05) is 36.8 Å². The van der Waals surface area contributed by atoms with Gasteiger partial charge in [-0.05, 0) is 17.7 Å². The molecule has 9 heteroatoms. The lowest BCUT2D eigenvalue weighted by atomic mass is 9.65. The average molecular weight is 436 g/mol. The Bertz CT molecular complexity index is 1060. The molecule has 2 aromatic heterocycles. The van der Waals surface area contributed by atoms with Crippen molar-refractivity contribution in [2.45, 2.75) is 37.0 Å². The summed E-state index contributed by atoms with van der Waals surface area (Å²) in [7, 11) is 0. The van der Waals surface area contributed by atoms with E-state index < -0.39 is 16.4 Å². The van der Waals surface area contributed by atoms with Gasteiger partial charge in [0, 0.05) is 17.3 Å². The fraction of sp³-hybridized carbons (Fsp3) is 0.450. The highest BCUT2D eigenvalue weighted by molar-refractivity contribution is 6.34. The zero-order chi connectivity index (χ0) is 20.4. The van der Waals surface area contributed by atoms with Gasteiger partial charge in [-0.2, -0.15) is 0 Å². The van der Waals surface area contributed by atoms with E-state index in [1.165, 1.54) is 6.33 Å². The molecule has 29 heavy (non-hydrogen) atoms. The Balaban J connectivity index is 1.73. The molecular weight excluding hydrogens is 417 g/mol. The highest BCUT2D eigenvalue weighted by Gasteiger charge is 2.62. The Labute approximate surface area is 177 Å². The number of carbonyl (C=O) groups excluding carboxylic acids is 1. The molecule has 2 aliphatic heterocycles. The summed E-state index contributed by atoms with van der Waals surface area (Å²) in [6.07, 6.45) is 6.68. The van der Waals surface area contributed by atoms with Crippen LogP contribution >= 0.6 is 23.2 Å². The molecule has 3 aliphatic rings. The zero-order valence-corrected chi connectivity index (χ0v) is 17.4. The Kier molecular flexibility index (Phi) is 4.38. The quantitative estimate of drug-likeness (QED) is 0.418. The van der Waals surface area contributed by atoms with Crippen molar-refractivity contribution >= 4 is 46.2 Å². The van der Waals surface area contributed by atoms with Crippen LogP contribution in [0, 0.1) is 5.41 Å². The van der Waals surface area contributed by atoms with Gasteiger partial charge in [-0.3, -0.25) is 4.79 Å². The predicted molar refractivity (Wildman–Crippen MR) is 108 cm³/mol. The minimum atomic E-state index is -1.13. The topological polar surface area (TPSA) is 75.5 Å². The molecule has 4 atom stereocenters. The van der Waals surface area contributed by atoms with Crippen LogP contribution in [-0.4, -0.2) is 57.4 Å². The molecule has 1 unspecified atom stereocenters. The summed E-state index contributed by atoms with van der Waals surface area (Å²) in [6, 6.07) is 1.84. The Morgan fingerprint density at radius 2 is 2.07 bits per heavy atom. The standard InChI is InChI=1S/C20H19Cl2N3O4/c1-19(2)11(7-26)3-4-14(25-6-5-12-17(21)23-9-24-18(12)25)20(19,22)16-15-13(8-27-16)28-10-29-15/h3-7,9,13,15-16H,8,10H2,1-2H3/t13-,15+,16+,20?/m1/s1. The van der Waals surface area contributed by atoms with Gasteiger partial charge in [-0.1, -0.05) is 31.5 Å². The lowest BCUT2D eigenvalue weighted by molar-refractivity contribution is -0.106. The molecule has 0 saturated carbocycles. The van der Waals surface area contributed by atoms with Crippen LogP contribution in [0.4, 0.5) is 0 Å². The number of halogens is 2. The smallest absolute Gasteiger partial charge is 0.149 e. The number of fused-ring (bicyclic) bond motifs is 2. The molecule has 5 rings (SSSR count). The zero-order valence-electron chi connectivity index (χ0n) is 15.8. The monoisotopic (exact) mass is 435 g/mol. The number of hydrogen-bond donors (Lipinski definition) is 0. The third-order valence-electron chi connectivity index (χ3n) is 6.28. The largest absolute Gasteiger partial charge is 0.370 e. The summed E-state index contributed by atoms with van der Waals surface area (Å²) in [5.74, 6) is 0. The van der Waals surface area contributed by atoms with E-state index in [4.69, 9.17) is 37.4 Å². The van der Waals surface area contributed by atoms with Crippen molar-refractivity contribution < 1.29 is 19.0 Å². The first-order chi connectivity index (χ1) is 13.9. The normalized spacial score (nSPS) is 33.4. The molecule has 0 radical (unpaired) electrons. The molecule has 4 heterocycles. The lowest BCUT2D eigenvalue weighted by Crippen LogP contribution is -2.57. The lowest BCUT2D eigenvalue weighted by Gasteiger charge is -2.49. The SMILES string of the molecule is CC1(C)C(C=O)=CC=C(n2ccc3c(Cl)ncnc32)C1(Cl)[C@H]1OC[C@H]2OCO[C@@H]21. The highest BCUT2D eigenvalue weighted by Crippen LogP contribution is 2.56. The van der Waals surface area contributed by atoms with Crippen molar-refractivity contribution in [1.82, 2.24) is 14.5 Å². The van der Waals surface area contributed by atoms with Gasteiger partial charge in [0.25, 0.3) is 0 Å². The van der Waals surface area contributed by atoms with Gasteiger partial charge in [-0.25, -0.2) is 9.97 Å². The number of aromatic nitrogens is 3. The predicted octanol–water partition coefficient (Wildman–Crippen LogP) is 3.21. The fourth-order valence-electron chi connectivity index (χ4n) is 4.55. The van der Waals surface area contributed by atoms with Gasteiger partial charge >= 0.3 is 0 Å². The highest BCUT2D eigenvalue weighted by atomic mass is 35.5. The van der Waals surface area contributed by atoms with Crippen molar-refractivity contribution in [3.63, 3.8) is 0 Å². The van der Waals surface area contributed by atoms with Gasteiger partial charge in [0.1, 0.15) is 53.4 Å². The molecule has 1 aliphatic carbocycles. The fourth-order valence-corrected chi connectivity index (χ4v) is 5.20. The molecular formula is C20H19Cl2N3O4. The second-order valence-corrected chi connectivity index (χ2v) is 8.88. The van der Waals surface area contributed by atoms with Gasteiger partial charge in [0.2, 0.25) is 0 Å². The molecule has 0 N–H and O–H groups in total. The number of alkyl halides is 1. The molecule has 7 nitrogen and oxygen atoms in total. The van der Waals surface area contributed by atoms with E-state index in [9.17, 15) is 4.79 Å². The van der Waals surface area contributed by atoms with E-state index in [2.05, 4.69) is 9.97 Å². The maximum Gasteiger partial charge on any atom is 0.149 e. The third kappa shape index (κ3) is 2.52. The van der Waals surface area contributed by atoms with E-state index >= 15 is 0 Å². The van der Waals surface area contributed by atoms with E-state index in [0.717, 1.165) is 12.0 Å². The van der Waals surface area contributed by atoms with Crippen LogP contribution in [0.5, 0.6) is 0 Å². The third-order valence-corrected chi connectivity index (χ3v) is 7.47. The van der Waals surface area contributed by atoms with Crippen molar-refractivity contribution in [1.29, 1.82) is 0 Å². The minimum absolute atomic E-state index is 0.184. The van der Waals surface area contributed by atoms with E-state index in [1.54, 1.807) is 6.08 Å². The molecule has 2 saturated heterocycles. The second-order valence-electron chi connectivity index (χ2n) is 7.92. The van der Waals surface area contributed by atoms with E-state index in [-0.39, 0.29) is 19.0 Å². The summed E-state index contributed by atoms with van der Waals surface area (Å²) in [6.45, 7) is 4.46. The summed E-state index contributed by atoms with van der Waals surface area (Å²) in [5.41, 5.74) is 1.16. The molecule has 0 bridgehead atoms. The van der Waals surface area contributed by atoms with Gasteiger partial charge in [-0.15, -0.1) is 11.6 Å². The van der Waals surface area contributed by atoms with Gasteiger partial charge < -0.3 is 18.8 Å². The second kappa shape index (κ2) is 6.62. The molecule has 2 fully saturated rings. The van der Waals surface area contributed by atoms with Crippen LogP contribution in [0.3, 0.4) is 0 Å². The first-order valence-corrected chi connectivity index (χ1v) is 10.0.